The Kier molecular flexibility index (Phi) is 2.88. The Bertz CT molecular complexity index is 728. The maximum atomic E-state index is 12.5. The molecule has 1 heterocycles. The SMILES string of the molecule is Cn1ccc2c(C(=O)NC[C@@H]3C[C@H]4C=C[C@H]3C4)cccc21. The van der Waals surface area contributed by atoms with Gasteiger partial charge in [-0.1, -0.05) is 18.2 Å². The second kappa shape index (κ2) is 4.76. The average Bonchev–Trinajstić information content (AvgIpc) is 3.20. The zero-order chi connectivity index (χ0) is 14.4. The largest absolute Gasteiger partial charge is 0.352 e. The van der Waals surface area contributed by atoms with Gasteiger partial charge in [0.2, 0.25) is 0 Å². The molecule has 21 heavy (non-hydrogen) atoms. The van der Waals surface area contributed by atoms with Gasteiger partial charge >= 0.3 is 0 Å². The van der Waals surface area contributed by atoms with Gasteiger partial charge in [-0.15, -0.1) is 0 Å². The summed E-state index contributed by atoms with van der Waals surface area (Å²) in [6, 6.07) is 7.94. The standard InChI is InChI=1S/C18H20N2O/c1-20-8-7-15-16(3-2-4-17(15)20)18(21)19-11-14-10-12-5-6-13(14)9-12/h2-8,12-14H,9-11H2,1H3,(H,19,21)/t12-,13-,14-/m0/s1. The predicted octanol–water partition coefficient (Wildman–Crippen LogP) is 3.12. The quantitative estimate of drug-likeness (QED) is 0.861. The van der Waals surface area contributed by atoms with E-state index in [1.807, 2.05) is 42.1 Å². The number of hydrogen-bond acceptors (Lipinski definition) is 1. The van der Waals surface area contributed by atoms with Gasteiger partial charge in [0.25, 0.3) is 5.91 Å². The van der Waals surface area contributed by atoms with Gasteiger partial charge in [-0.05, 0) is 48.8 Å². The monoisotopic (exact) mass is 280 g/mol. The van der Waals surface area contributed by atoms with Crippen LogP contribution in [0, 0.1) is 17.8 Å². The molecular weight excluding hydrogens is 260 g/mol. The average molecular weight is 280 g/mol. The molecule has 0 unspecified atom stereocenters. The summed E-state index contributed by atoms with van der Waals surface area (Å²) >= 11 is 0. The highest BCUT2D eigenvalue weighted by Crippen LogP contribution is 2.42. The summed E-state index contributed by atoms with van der Waals surface area (Å²) in [6.45, 7) is 0.799. The highest BCUT2D eigenvalue weighted by molar-refractivity contribution is 6.06. The summed E-state index contributed by atoms with van der Waals surface area (Å²) in [4.78, 5) is 12.5. The molecule has 3 heteroatoms. The normalized spacial score (nSPS) is 26.6. The lowest BCUT2D eigenvalue weighted by Crippen LogP contribution is -2.31. The lowest BCUT2D eigenvalue weighted by Gasteiger charge is -2.18. The molecule has 1 aromatic heterocycles. The highest BCUT2D eigenvalue weighted by atomic mass is 16.1. The summed E-state index contributed by atoms with van der Waals surface area (Å²) in [5, 5.41) is 4.18. The van der Waals surface area contributed by atoms with Gasteiger partial charge in [-0.25, -0.2) is 0 Å². The van der Waals surface area contributed by atoms with Gasteiger partial charge in [-0.2, -0.15) is 0 Å². The third-order valence-corrected chi connectivity index (χ3v) is 5.11. The number of allylic oxidation sites excluding steroid dienone is 2. The first-order chi connectivity index (χ1) is 10.2. The fourth-order valence-corrected chi connectivity index (χ4v) is 3.95. The topological polar surface area (TPSA) is 34.0 Å². The van der Waals surface area contributed by atoms with Crippen molar-refractivity contribution in [1.29, 1.82) is 0 Å². The van der Waals surface area contributed by atoms with Crippen molar-refractivity contribution < 1.29 is 4.79 Å². The Morgan fingerprint density at radius 2 is 2.19 bits per heavy atom. The molecule has 0 radical (unpaired) electrons. The smallest absolute Gasteiger partial charge is 0.251 e. The summed E-state index contributed by atoms with van der Waals surface area (Å²) in [7, 11) is 2.01. The van der Waals surface area contributed by atoms with Crippen molar-refractivity contribution in [3.05, 3.63) is 48.2 Å². The van der Waals surface area contributed by atoms with Crippen LogP contribution in [0.1, 0.15) is 23.2 Å². The van der Waals surface area contributed by atoms with E-state index in [0.717, 1.165) is 28.9 Å². The number of aryl methyl sites for hydroxylation is 1. The van der Waals surface area contributed by atoms with E-state index < -0.39 is 0 Å². The van der Waals surface area contributed by atoms with E-state index in [2.05, 4.69) is 17.5 Å². The van der Waals surface area contributed by atoms with Crippen LogP contribution < -0.4 is 5.32 Å². The molecule has 2 aliphatic carbocycles. The molecule has 0 spiro atoms. The van der Waals surface area contributed by atoms with Gasteiger partial charge in [0.05, 0.1) is 0 Å². The van der Waals surface area contributed by atoms with E-state index in [9.17, 15) is 4.79 Å². The molecule has 4 rings (SSSR count). The van der Waals surface area contributed by atoms with Crippen molar-refractivity contribution in [2.24, 2.45) is 24.8 Å². The van der Waals surface area contributed by atoms with Crippen LogP contribution in [-0.4, -0.2) is 17.0 Å². The van der Waals surface area contributed by atoms with E-state index in [4.69, 9.17) is 0 Å². The van der Waals surface area contributed by atoms with Gasteiger partial charge in [0.15, 0.2) is 0 Å². The van der Waals surface area contributed by atoms with Crippen molar-refractivity contribution in [2.45, 2.75) is 12.8 Å². The molecule has 2 aliphatic rings. The van der Waals surface area contributed by atoms with Crippen molar-refractivity contribution in [3.63, 3.8) is 0 Å². The minimum absolute atomic E-state index is 0.0542. The molecule has 2 bridgehead atoms. The van der Waals surface area contributed by atoms with Gasteiger partial charge in [0, 0.05) is 36.3 Å². The number of carbonyl (C=O) groups excluding carboxylic acids is 1. The van der Waals surface area contributed by atoms with Crippen LogP contribution in [0.15, 0.2) is 42.6 Å². The number of carbonyl (C=O) groups is 1. The van der Waals surface area contributed by atoms with Crippen LogP contribution in [0.3, 0.4) is 0 Å². The van der Waals surface area contributed by atoms with Crippen molar-refractivity contribution >= 4 is 16.8 Å². The summed E-state index contributed by atoms with van der Waals surface area (Å²) in [5.41, 5.74) is 1.89. The fourth-order valence-electron chi connectivity index (χ4n) is 3.95. The Hall–Kier alpha value is -2.03. The predicted molar refractivity (Wildman–Crippen MR) is 84.1 cm³/mol. The molecule has 0 aliphatic heterocycles. The molecule has 1 fully saturated rings. The number of nitrogens with zero attached hydrogens (tertiary/aromatic N) is 1. The zero-order valence-corrected chi connectivity index (χ0v) is 12.3. The Morgan fingerprint density at radius 3 is 2.95 bits per heavy atom. The number of nitrogens with one attached hydrogen (secondary N) is 1. The summed E-state index contributed by atoms with van der Waals surface area (Å²) < 4.78 is 2.05. The first-order valence-electron chi connectivity index (χ1n) is 7.73. The van der Waals surface area contributed by atoms with E-state index in [0.29, 0.717) is 11.8 Å². The van der Waals surface area contributed by atoms with Crippen molar-refractivity contribution in [1.82, 2.24) is 9.88 Å². The number of rotatable bonds is 3. The lowest BCUT2D eigenvalue weighted by atomic mass is 9.93. The van der Waals surface area contributed by atoms with Crippen LogP contribution in [0.25, 0.3) is 10.9 Å². The van der Waals surface area contributed by atoms with Crippen LogP contribution >= 0.6 is 0 Å². The molecule has 2 aromatic rings. The van der Waals surface area contributed by atoms with E-state index in [1.54, 1.807) is 0 Å². The van der Waals surface area contributed by atoms with Crippen molar-refractivity contribution in [3.8, 4) is 0 Å². The van der Waals surface area contributed by atoms with Crippen LogP contribution in [0.2, 0.25) is 0 Å². The molecule has 1 N–H and O–H groups in total. The molecule has 1 amide bonds. The first kappa shape index (κ1) is 12.7. The number of fused-ring (bicyclic) bond motifs is 3. The molecule has 3 atom stereocenters. The second-order valence-corrected chi connectivity index (χ2v) is 6.42. The molecule has 0 saturated heterocycles. The van der Waals surface area contributed by atoms with Crippen LogP contribution in [0.4, 0.5) is 0 Å². The number of aromatic nitrogens is 1. The molecule has 1 aromatic carbocycles. The number of amides is 1. The highest BCUT2D eigenvalue weighted by Gasteiger charge is 2.35. The maximum absolute atomic E-state index is 12.5. The Morgan fingerprint density at radius 1 is 1.29 bits per heavy atom. The van der Waals surface area contributed by atoms with Gasteiger partial charge in [0.1, 0.15) is 0 Å². The third kappa shape index (κ3) is 2.08. The van der Waals surface area contributed by atoms with E-state index in [-0.39, 0.29) is 5.91 Å². The zero-order valence-electron chi connectivity index (χ0n) is 12.3. The first-order valence-corrected chi connectivity index (χ1v) is 7.73. The maximum Gasteiger partial charge on any atom is 0.251 e. The molecule has 108 valence electrons. The number of hydrogen-bond donors (Lipinski definition) is 1. The minimum Gasteiger partial charge on any atom is -0.352 e. The number of benzene rings is 1. The second-order valence-electron chi connectivity index (χ2n) is 6.42. The Labute approximate surface area is 124 Å². The minimum atomic E-state index is 0.0542. The third-order valence-electron chi connectivity index (χ3n) is 5.11. The van der Waals surface area contributed by atoms with E-state index >= 15 is 0 Å². The summed E-state index contributed by atoms with van der Waals surface area (Å²) in [5.74, 6) is 2.12. The molecule has 3 nitrogen and oxygen atoms in total. The van der Waals surface area contributed by atoms with Crippen molar-refractivity contribution in [2.75, 3.05) is 6.54 Å². The fraction of sp³-hybridized carbons (Fsp3) is 0.389. The Balaban J connectivity index is 1.50. The van der Waals surface area contributed by atoms with Crippen LogP contribution in [-0.2, 0) is 7.05 Å². The lowest BCUT2D eigenvalue weighted by molar-refractivity contribution is 0.0946. The summed E-state index contributed by atoms with van der Waals surface area (Å²) in [6.07, 6.45) is 9.20. The molecular formula is C18H20N2O. The van der Waals surface area contributed by atoms with Gasteiger partial charge in [-0.3, -0.25) is 4.79 Å². The van der Waals surface area contributed by atoms with Crippen LogP contribution in [0.5, 0.6) is 0 Å². The molecule has 1 saturated carbocycles. The van der Waals surface area contributed by atoms with E-state index in [1.165, 1.54) is 12.8 Å². The van der Waals surface area contributed by atoms with Gasteiger partial charge < -0.3 is 9.88 Å².